The van der Waals surface area contributed by atoms with Gasteiger partial charge in [-0.3, -0.25) is 0 Å². The van der Waals surface area contributed by atoms with Crippen molar-refractivity contribution in [3.63, 3.8) is 0 Å². The number of hydrogen-bond acceptors (Lipinski definition) is 0. The van der Waals surface area contributed by atoms with E-state index in [-0.39, 0.29) is 0 Å². The topological polar surface area (TPSA) is 0 Å². The van der Waals surface area contributed by atoms with Crippen molar-refractivity contribution in [2.75, 3.05) is 0 Å². The summed E-state index contributed by atoms with van der Waals surface area (Å²) in [7, 11) is 0. The van der Waals surface area contributed by atoms with Gasteiger partial charge in [0, 0.05) is 3.57 Å². The highest BCUT2D eigenvalue weighted by atomic mass is 127. The monoisotopic (exact) mass is 274 g/mol. The van der Waals surface area contributed by atoms with Crippen LogP contribution in [0.1, 0.15) is 25.8 Å². The molecule has 0 aliphatic carbocycles. The number of halogens is 1. The van der Waals surface area contributed by atoms with Gasteiger partial charge >= 0.3 is 0 Å². The standard InChI is InChI=1S/C11H15I/c1-3-9(2)8-10-4-6-11(12)7-5-10/h4-7,9H,3,8H2,1-2H3. The van der Waals surface area contributed by atoms with Gasteiger partial charge in [0.1, 0.15) is 0 Å². The van der Waals surface area contributed by atoms with Crippen LogP contribution in [0.4, 0.5) is 0 Å². The molecule has 12 heavy (non-hydrogen) atoms. The molecule has 0 saturated carbocycles. The van der Waals surface area contributed by atoms with Crippen molar-refractivity contribution < 1.29 is 0 Å². The number of rotatable bonds is 3. The molecule has 1 rings (SSSR count). The van der Waals surface area contributed by atoms with Crippen LogP contribution in [0.3, 0.4) is 0 Å². The Hall–Kier alpha value is -0.0500. The van der Waals surface area contributed by atoms with E-state index >= 15 is 0 Å². The molecule has 0 aliphatic heterocycles. The van der Waals surface area contributed by atoms with Gasteiger partial charge in [-0.2, -0.15) is 0 Å². The van der Waals surface area contributed by atoms with Crippen LogP contribution < -0.4 is 0 Å². The molecule has 1 heteroatoms. The largest absolute Gasteiger partial charge is 0.0651 e. The fourth-order valence-corrected chi connectivity index (χ4v) is 1.53. The molecule has 0 bridgehead atoms. The molecule has 0 N–H and O–H groups in total. The van der Waals surface area contributed by atoms with E-state index in [4.69, 9.17) is 0 Å². The van der Waals surface area contributed by atoms with E-state index in [1.54, 1.807) is 0 Å². The molecule has 0 fully saturated rings. The summed E-state index contributed by atoms with van der Waals surface area (Å²) in [6.45, 7) is 4.55. The van der Waals surface area contributed by atoms with Gasteiger partial charge in [-0.15, -0.1) is 0 Å². The Balaban J connectivity index is 2.58. The van der Waals surface area contributed by atoms with Crippen LogP contribution in [0.2, 0.25) is 0 Å². The molecule has 0 amide bonds. The molecule has 0 radical (unpaired) electrons. The quantitative estimate of drug-likeness (QED) is 0.734. The molecule has 66 valence electrons. The van der Waals surface area contributed by atoms with Crippen LogP contribution in [-0.2, 0) is 6.42 Å². The lowest BCUT2D eigenvalue weighted by molar-refractivity contribution is 0.560. The zero-order valence-corrected chi connectivity index (χ0v) is 9.84. The smallest absolute Gasteiger partial charge is 0.0130 e. The maximum atomic E-state index is 2.34. The summed E-state index contributed by atoms with van der Waals surface area (Å²) in [6, 6.07) is 8.82. The van der Waals surface area contributed by atoms with Crippen molar-refractivity contribution in [3.05, 3.63) is 33.4 Å². The first-order valence-corrected chi connectivity index (χ1v) is 5.54. The molecular weight excluding hydrogens is 259 g/mol. The molecule has 1 atom stereocenters. The van der Waals surface area contributed by atoms with E-state index in [0.29, 0.717) is 0 Å². The van der Waals surface area contributed by atoms with E-state index in [2.05, 4.69) is 60.7 Å². The molecule has 0 spiro atoms. The highest BCUT2D eigenvalue weighted by Crippen LogP contribution is 2.13. The molecule has 0 saturated heterocycles. The van der Waals surface area contributed by atoms with Crippen LogP contribution in [0.25, 0.3) is 0 Å². The highest BCUT2D eigenvalue weighted by molar-refractivity contribution is 14.1. The first kappa shape index (κ1) is 10.0. The predicted octanol–water partition coefficient (Wildman–Crippen LogP) is 3.88. The zero-order valence-electron chi connectivity index (χ0n) is 7.68. The summed E-state index contributed by atoms with van der Waals surface area (Å²) in [4.78, 5) is 0. The molecule has 0 heterocycles. The van der Waals surface area contributed by atoms with Crippen molar-refractivity contribution in [1.29, 1.82) is 0 Å². The van der Waals surface area contributed by atoms with Crippen molar-refractivity contribution in [2.45, 2.75) is 26.7 Å². The van der Waals surface area contributed by atoms with Gasteiger partial charge < -0.3 is 0 Å². The predicted molar refractivity (Wildman–Crippen MR) is 62.3 cm³/mol. The Morgan fingerprint density at radius 1 is 1.25 bits per heavy atom. The lowest BCUT2D eigenvalue weighted by Gasteiger charge is -2.07. The fourth-order valence-electron chi connectivity index (χ4n) is 1.17. The second-order valence-electron chi connectivity index (χ2n) is 3.34. The highest BCUT2D eigenvalue weighted by Gasteiger charge is 1.99. The van der Waals surface area contributed by atoms with Crippen LogP contribution in [-0.4, -0.2) is 0 Å². The fraction of sp³-hybridized carbons (Fsp3) is 0.455. The van der Waals surface area contributed by atoms with Gasteiger partial charge in [0.15, 0.2) is 0 Å². The van der Waals surface area contributed by atoms with Crippen LogP contribution in [0, 0.1) is 9.49 Å². The van der Waals surface area contributed by atoms with Gasteiger partial charge in [-0.05, 0) is 52.6 Å². The summed E-state index contributed by atoms with van der Waals surface area (Å²) < 4.78 is 1.32. The molecule has 0 nitrogen and oxygen atoms in total. The molecule has 0 aliphatic rings. The van der Waals surface area contributed by atoms with E-state index in [0.717, 1.165) is 5.92 Å². The SMILES string of the molecule is CCC(C)Cc1ccc(I)cc1. The van der Waals surface area contributed by atoms with Crippen molar-refractivity contribution in [1.82, 2.24) is 0 Å². The summed E-state index contributed by atoms with van der Waals surface area (Å²) in [6.07, 6.45) is 2.49. The molecule has 0 aromatic heterocycles. The Morgan fingerprint density at radius 3 is 2.33 bits per heavy atom. The van der Waals surface area contributed by atoms with E-state index in [1.165, 1.54) is 22.0 Å². The number of benzene rings is 1. The van der Waals surface area contributed by atoms with Crippen LogP contribution in [0.15, 0.2) is 24.3 Å². The van der Waals surface area contributed by atoms with Gasteiger partial charge in [0.2, 0.25) is 0 Å². The third-order valence-electron chi connectivity index (χ3n) is 2.19. The maximum Gasteiger partial charge on any atom is 0.0130 e. The third kappa shape index (κ3) is 3.13. The van der Waals surface area contributed by atoms with Crippen LogP contribution in [0.5, 0.6) is 0 Å². The normalized spacial score (nSPS) is 12.9. The second kappa shape index (κ2) is 4.85. The van der Waals surface area contributed by atoms with Crippen LogP contribution >= 0.6 is 22.6 Å². The molecular formula is C11H15I. The van der Waals surface area contributed by atoms with E-state index < -0.39 is 0 Å². The molecule has 1 unspecified atom stereocenters. The van der Waals surface area contributed by atoms with Gasteiger partial charge in [-0.25, -0.2) is 0 Å². The first-order chi connectivity index (χ1) is 5.72. The minimum absolute atomic E-state index is 0.810. The summed E-state index contributed by atoms with van der Waals surface area (Å²) in [5, 5.41) is 0. The van der Waals surface area contributed by atoms with Crippen molar-refractivity contribution in [3.8, 4) is 0 Å². The minimum atomic E-state index is 0.810. The first-order valence-electron chi connectivity index (χ1n) is 4.46. The van der Waals surface area contributed by atoms with Crippen molar-refractivity contribution in [2.24, 2.45) is 5.92 Å². The second-order valence-corrected chi connectivity index (χ2v) is 4.59. The summed E-state index contributed by atoms with van der Waals surface area (Å²) in [5.74, 6) is 0.810. The zero-order chi connectivity index (χ0) is 8.97. The number of hydrogen-bond donors (Lipinski definition) is 0. The molecule has 1 aromatic carbocycles. The summed E-state index contributed by atoms with van der Waals surface area (Å²) >= 11 is 2.34. The minimum Gasteiger partial charge on any atom is -0.0651 e. The van der Waals surface area contributed by atoms with Gasteiger partial charge in [0.25, 0.3) is 0 Å². The average molecular weight is 274 g/mol. The average Bonchev–Trinajstić information content (AvgIpc) is 2.09. The van der Waals surface area contributed by atoms with E-state index in [9.17, 15) is 0 Å². The lowest BCUT2D eigenvalue weighted by atomic mass is 9.99. The van der Waals surface area contributed by atoms with E-state index in [1.807, 2.05) is 0 Å². The Labute approximate surface area is 88.5 Å². The lowest BCUT2D eigenvalue weighted by Crippen LogP contribution is -1.97. The van der Waals surface area contributed by atoms with Gasteiger partial charge in [0.05, 0.1) is 0 Å². The molecule has 1 aromatic rings. The van der Waals surface area contributed by atoms with Gasteiger partial charge in [-0.1, -0.05) is 32.4 Å². The third-order valence-corrected chi connectivity index (χ3v) is 2.91. The Bertz CT molecular complexity index is 225. The Kier molecular flexibility index (Phi) is 4.06. The Morgan fingerprint density at radius 2 is 1.83 bits per heavy atom. The van der Waals surface area contributed by atoms with Crippen molar-refractivity contribution >= 4 is 22.6 Å². The maximum absolute atomic E-state index is 2.34. The summed E-state index contributed by atoms with van der Waals surface area (Å²) in [5.41, 5.74) is 1.46.